The van der Waals surface area contributed by atoms with Crippen molar-refractivity contribution in [3.05, 3.63) is 0 Å². The van der Waals surface area contributed by atoms with Crippen LogP contribution in [0.15, 0.2) is 5.16 Å². The summed E-state index contributed by atoms with van der Waals surface area (Å²) in [6.45, 7) is 2.74. The molecule has 5 heteroatoms. The average Bonchev–Trinajstić information content (AvgIpc) is 2.39. The van der Waals surface area contributed by atoms with Crippen LogP contribution in [0.5, 0.6) is 0 Å². The van der Waals surface area contributed by atoms with E-state index in [9.17, 15) is 5.11 Å². The van der Waals surface area contributed by atoms with Crippen LogP contribution in [0.1, 0.15) is 45.4 Å². The molecule has 1 aliphatic carbocycles. The average molecular weight is 243 g/mol. The molecule has 100 valence electrons. The summed E-state index contributed by atoms with van der Waals surface area (Å²) in [5.74, 6) is 0.256. The van der Waals surface area contributed by atoms with Crippen LogP contribution in [0.2, 0.25) is 0 Å². The van der Waals surface area contributed by atoms with Gasteiger partial charge in [-0.25, -0.2) is 0 Å². The molecule has 0 radical (unpaired) electrons. The summed E-state index contributed by atoms with van der Waals surface area (Å²) in [4.78, 5) is 2.20. The summed E-state index contributed by atoms with van der Waals surface area (Å²) >= 11 is 0. The zero-order valence-electron chi connectivity index (χ0n) is 10.7. The number of nitrogens with two attached hydrogens (primary N) is 1. The van der Waals surface area contributed by atoms with Crippen molar-refractivity contribution in [1.82, 2.24) is 4.90 Å². The highest BCUT2D eigenvalue weighted by Gasteiger charge is 2.28. The quantitative estimate of drug-likeness (QED) is 0.283. The summed E-state index contributed by atoms with van der Waals surface area (Å²) < 4.78 is 0. The topological polar surface area (TPSA) is 82.1 Å². The van der Waals surface area contributed by atoms with Gasteiger partial charge in [0, 0.05) is 12.6 Å². The van der Waals surface area contributed by atoms with Crippen LogP contribution in [0.3, 0.4) is 0 Å². The second-order valence-corrected chi connectivity index (χ2v) is 4.70. The van der Waals surface area contributed by atoms with Gasteiger partial charge in [-0.15, -0.1) is 0 Å². The van der Waals surface area contributed by atoms with Crippen LogP contribution >= 0.6 is 0 Å². The first-order valence-corrected chi connectivity index (χ1v) is 6.58. The van der Waals surface area contributed by atoms with Crippen LogP contribution in [-0.4, -0.2) is 46.3 Å². The van der Waals surface area contributed by atoms with Gasteiger partial charge in [-0.2, -0.15) is 0 Å². The fourth-order valence-electron chi connectivity index (χ4n) is 2.80. The molecule has 1 saturated carbocycles. The highest BCUT2D eigenvalue weighted by atomic mass is 16.4. The van der Waals surface area contributed by atoms with Gasteiger partial charge in [-0.05, 0) is 19.3 Å². The molecule has 1 unspecified atom stereocenters. The van der Waals surface area contributed by atoms with E-state index in [2.05, 4.69) is 10.1 Å². The first kappa shape index (κ1) is 14.3. The highest BCUT2D eigenvalue weighted by molar-refractivity contribution is 5.85. The lowest BCUT2D eigenvalue weighted by Gasteiger charge is -2.38. The minimum atomic E-state index is -0.0600. The number of oxime groups is 1. The normalized spacial score (nSPS) is 20.8. The molecule has 1 aliphatic rings. The Morgan fingerprint density at radius 1 is 1.41 bits per heavy atom. The smallest absolute Gasteiger partial charge is 0.156 e. The van der Waals surface area contributed by atoms with Crippen molar-refractivity contribution in [2.45, 2.75) is 57.5 Å². The lowest BCUT2D eigenvalue weighted by Crippen LogP contribution is -2.51. The van der Waals surface area contributed by atoms with Crippen LogP contribution in [0.4, 0.5) is 0 Å². The summed E-state index contributed by atoms with van der Waals surface area (Å²) in [6.07, 6.45) is 6.86. The second-order valence-electron chi connectivity index (χ2n) is 4.70. The molecule has 0 aliphatic heterocycles. The fraction of sp³-hybridized carbons (Fsp3) is 0.917. The lowest BCUT2D eigenvalue weighted by molar-refractivity contribution is 0.102. The molecule has 1 fully saturated rings. The van der Waals surface area contributed by atoms with Crippen LogP contribution in [-0.2, 0) is 0 Å². The molecule has 0 heterocycles. The fourth-order valence-corrected chi connectivity index (χ4v) is 2.80. The van der Waals surface area contributed by atoms with Gasteiger partial charge in [0.25, 0.3) is 0 Å². The molecule has 5 nitrogen and oxygen atoms in total. The Hall–Kier alpha value is -0.810. The lowest BCUT2D eigenvalue weighted by atomic mass is 9.92. The summed E-state index contributed by atoms with van der Waals surface area (Å²) in [6, 6.07) is 0.399. The largest absolute Gasteiger partial charge is 0.409 e. The molecule has 4 N–H and O–H groups in total. The molecular formula is C12H25N3O2. The number of hydrogen-bond acceptors (Lipinski definition) is 4. The number of nitrogens with zero attached hydrogens (tertiary/aromatic N) is 2. The third-order valence-corrected chi connectivity index (χ3v) is 3.65. The van der Waals surface area contributed by atoms with Gasteiger partial charge < -0.3 is 16.0 Å². The maximum Gasteiger partial charge on any atom is 0.156 e. The molecule has 0 bridgehead atoms. The SMILES string of the molecule is CCC(C(N)=NO)N(CCO)C1CCCCC1. The molecule has 0 amide bonds. The van der Waals surface area contributed by atoms with Gasteiger partial charge in [0.1, 0.15) is 0 Å². The maximum atomic E-state index is 9.18. The molecule has 1 rings (SSSR count). The van der Waals surface area contributed by atoms with Crippen molar-refractivity contribution in [2.24, 2.45) is 10.9 Å². The van der Waals surface area contributed by atoms with Crippen molar-refractivity contribution in [3.8, 4) is 0 Å². The Bertz CT molecular complexity index is 240. The number of hydrogen-bond donors (Lipinski definition) is 3. The van der Waals surface area contributed by atoms with E-state index < -0.39 is 0 Å². The number of amidine groups is 1. The summed E-state index contributed by atoms with van der Waals surface area (Å²) in [5, 5.41) is 21.1. The Labute approximate surface area is 103 Å². The molecular weight excluding hydrogens is 218 g/mol. The van der Waals surface area contributed by atoms with Crippen molar-refractivity contribution in [3.63, 3.8) is 0 Å². The Kier molecular flexibility index (Phi) is 6.29. The first-order chi connectivity index (χ1) is 8.24. The molecule has 1 atom stereocenters. The van der Waals surface area contributed by atoms with Gasteiger partial charge in [-0.1, -0.05) is 31.3 Å². The van der Waals surface area contributed by atoms with Crippen LogP contribution in [0.25, 0.3) is 0 Å². The maximum absolute atomic E-state index is 9.18. The predicted molar refractivity (Wildman–Crippen MR) is 68.2 cm³/mol. The molecule has 17 heavy (non-hydrogen) atoms. The number of aliphatic hydroxyl groups is 1. The van der Waals surface area contributed by atoms with Gasteiger partial charge >= 0.3 is 0 Å². The Morgan fingerprint density at radius 3 is 2.53 bits per heavy atom. The Balaban J connectivity index is 2.73. The van der Waals surface area contributed by atoms with E-state index >= 15 is 0 Å². The van der Waals surface area contributed by atoms with Crippen molar-refractivity contribution >= 4 is 5.84 Å². The van der Waals surface area contributed by atoms with E-state index in [1.807, 2.05) is 6.92 Å². The summed E-state index contributed by atoms with van der Waals surface area (Å²) in [5.41, 5.74) is 5.74. The third kappa shape index (κ3) is 3.85. The van der Waals surface area contributed by atoms with E-state index in [1.165, 1.54) is 19.3 Å². The van der Waals surface area contributed by atoms with Gasteiger partial charge in [0.05, 0.1) is 12.6 Å². The standard InChI is InChI=1S/C12H25N3O2/c1-2-11(12(13)14-17)15(8-9-16)10-6-4-3-5-7-10/h10-11,16-17H,2-9H2,1H3,(H2,13,14). The highest BCUT2D eigenvalue weighted by Crippen LogP contribution is 2.24. The second kappa shape index (κ2) is 7.50. The van der Waals surface area contributed by atoms with E-state index in [4.69, 9.17) is 10.9 Å². The van der Waals surface area contributed by atoms with E-state index in [0.717, 1.165) is 19.3 Å². The zero-order chi connectivity index (χ0) is 12.7. The van der Waals surface area contributed by atoms with Gasteiger partial charge in [0.15, 0.2) is 5.84 Å². The molecule has 0 aromatic heterocycles. The molecule has 0 spiro atoms. The van der Waals surface area contributed by atoms with Crippen molar-refractivity contribution < 1.29 is 10.3 Å². The van der Waals surface area contributed by atoms with Crippen LogP contribution in [0, 0.1) is 0 Å². The predicted octanol–water partition coefficient (Wildman–Crippen LogP) is 1.14. The van der Waals surface area contributed by atoms with Crippen LogP contribution < -0.4 is 5.73 Å². The minimum Gasteiger partial charge on any atom is -0.409 e. The van der Waals surface area contributed by atoms with Crippen molar-refractivity contribution in [2.75, 3.05) is 13.2 Å². The summed E-state index contributed by atoms with van der Waals surface area (Å²) in [7, 11) is 0. The Morgan fingerprint density at radius 2 is 2.06 bits per heavy atom. The molecule has 0 saturated heterocycles. The van der Waals surface area contributed by atoms with E-state index in [1.54, 1.807) is 0 Å². The molecule has 0 aromatic carbocycles. The number of aliphatic hydroxyl groups excluding tert-OH is 1. The number of rotatable bonds is 6. The van der Waals surface area contributed by atoms with Gasteiger partial charge in [0.2, 0.25) is 0 Å². The minimum absolute atomic E-state index is 0.0600. The van der Waals surface area contributed by atoms with E-state index in [0.29, 0.717) is 12.6 Å². The molecule has 0 aromatic rings. The third-order valence-electron chi connectivity index (χ3n) is 3.65. The van der Waals surface area contributed by atoms with Crippen molar-refractivity contribution in [1.29, 1.82) is 0 Å². The monoisotopic (exact) mass is 243 g/mol. The van der Waals surface area contributed by atoms with E-state index in [-0.39, 0.29) is 18.5 Å². The van der Waals surface area contributed by atoms with Gasteiger partial charge in [-0.3, -0.25) is 4.90 Å². The zero-order valence-corrected chi connectivity index (χ0v) is 10.7. The first-order valence-electron chi connectivity index (χ1n) is 6.58.